The molecule has 12 heavy (non-hydrogen) atoms. The van der Waals surface area contributed by atoms with Crippen molar-refractivity contribution in [3.63, 3.8) is 0 Å². The molecule has 0 aromatic heterocycles. The Morgan fingerprint density at radius 2 is 1.50 bits per heavy atom. The van der Waals surface area contributed by atoms with Gasteiger partial charge in [0.15, 0.2) is 0 Å². The molecule has 1 aromatic rings. The van der Waals surface area contributed by atoms with E-state index in [1.807, 2.05) is 6.07 Å². The number of hydrogen-bond acceptors (Lipinski definition) is 3. The molecule has 0 bridgehead atoms. The Hall–Kier alpha value is -0.0500. The van der Waals surface area contributed by atoms with Crippen molar-refractivity contribution in [2.45, 2.75) is 0 Å². The third kappa shape index (κ3) is 5.58. The van der Waals surface area contributed by atoms with Crippen LogP contribution in [0.4, 0.5) is 0 Å². The van der Waals surface area contributed by atoms with E-state index < -0.39 is 8.60 Å². The SMILES string of the molecule is Cl.Cl.OP(O)Oc1ccccc1. The fraction of sp³-hybridized carbons (Fsp3) is 0. The Morgan fingerprint density at radius 1 is 1.00 bits per heavy atom. The molecular formula is C6H9Cl2O3P. The van der Waals surface area contributed by atoms with E-state index in [-0.39, 0.29) is 24.8 Å². The largest absolute Gasteiger partial charge is 0.427 e. The van der Waals surface area contributed by atoms with Gasteiger partial charge in [0, 0.05) is 0 Å². The number of halogens is 2. The van der Waals surface area contributed by atoms with Crippen molar-refractivity contribution in [3.05, 3.63) is 30.3 Å². The third-order valence-electron chi connectivity index (χ3n) is 0.930. The Labute approximate surface area is 84.2 Å². The van der Waals surface area contributed by atoms with Crippen LogP contribution in [0.25, 0.3) is 0 Å². The summed E-state index contributed by atoms with van der Waals surface area (Å²) in [6.45, 7) is 0. The molecule has 6 heteroatoms. The maximum Gasteiger partial charge on any atom is 0.391 e. The molecule has 3 nitrogen and oxygen atoms in total. The van der Waals surface area contributed by atoms with Gasteiger partial charge in [-0.15, -0.1) is 24.8 Å². The summed E-state index contributed by atoms with van der Waals surface area (Å²) in [5.74, 6) is 0.471. The summed E-state index contributed by atoms with van der Waals surface area (Å²) in [5.41, 5.74) is 0. The van der Waals surface area contributed by atoms with E-state index in [0.29, 0.717) is 5.75 Å². The lowest BCUT2D eigenvalue weighted by atomic mass is 10.3. The fourth-order valence-electron chi connectivity index (χ4n) is 0.576. The van der Waals surface area contributed by atoms with E-state index in [1.165, 1.54) is 0 Å². The van der Waals surface area contributed by atoms with Gasteiger partial charge in [-0.3, -0.25) is 0 Å². The van der Waals surface area contributed by atoms with Crippen molar-refractivity contribution in [3.8, 4) is 5.75 Å². The van der Waals surface area contributed by atoms with Crippen molar-refractivity contribution in [1.82, 2.24) is 0 Å². The zero-order valence-electron chi connectivity index (χ0n) is 5.95. The molecule has 0 amide bonds. The number of hydrogen-bond donors (Lipinski definition) is 2. The molecule has 0 heterocycles. The van der Waals surface area contributed by atoms with Crippen molar-refractivity contribution in [2.24, 2.45) is 0 Å². The van der Waals surface area contributed by atoms with Gasteiger partial charge in [-0.1, -0.05) is 18.2 Å². The third-order valence-corrected chi connectivity index (χ3v) is 1.30. The van der Waals surface area contributed by atoms with E-state index >= 15 is 0 Å². The van der Waals surface area contributed by atoms with Gasteiger partial charge in [0.05, 0.1) is 0 Å². The van der Waals surface area contributed by atoms with Crippen LogP contribution in [0.5, 0.6) is 5.75 Å². The van der Waals surface area contributed by atoms with Gasteiger partial charge in [0.25, 0.3) is 0 Å². The number of benzene rings is 1. The molecule has 0 aliphatic rings. The first-order chi connectivity index (χ1) is 4.79. The Balaban J connectivity index is 0. The lowest BCUT2D eigenvalue weighted by Gasteiger charge is -2.02. The maximum absolute atomic E-state index is 8.40. The molecule has 0 saturated heterocycles. The molecule has 0 fully saturated rings. The van der Waals surface area contributed by atoms with Crippen LogP contribution in [-0.2, 0) is 0 Å². The lowest BCUT2D eigenvalue weighted by molar-refractivity contribution is 0.375. The second-order valence-corrected chi connectivity index (χ2v) is 2.35. The van der Waals surface area contributed by atoms with Crippen LogP contribution in [0.15, 0.2) is 30.3 Å². The summed E-state index contributed by atoms with van der Waals surface area (Å²) in [6.07, 6.45) is 0. The normalized spacial score (nSPS) is 8.25. The highest BCUT2D eigenvalue weighted by Gasteiger charge is 1.99. The van der Waals surface area contributed by atoms with E-state index in [0.717, 1.165) is 0 Å². The summed E-state index contributed by atoms with van der Waals surface area (Å²) in [5, 5.41) is 0. The van der Waals surface area contributed by atoms with Gasteiger partial charge in [-0.2, -0.15) is 0 Å². The number of rotatable bonds is 2. The monoisotopic (exact) mass is 230 g/mol. The lowest BCUT2D eigenvalue weighted by Crippen LogP contribution is -1.82. The average molecular weight is 231 g/mol. The molecule has 1 aromatic carbocycles. The van der Waals surface area contributed by atoms with Crippen LogP contribution in [0.1, 0.15) is 0 Å². The highest BCUT2D eigenvalue weighted by molar-refractivity contribution is 7.39. The molecule has 0 aliphatic heterocycles. The molecule has 0 unspecified atom stereocenters. The Kier molecular flexibility index (Phi) is 9.16. The summed E-state index contributed by atoms with van der Waals surface area (Å²) < 4.78 is 4.59. The predicted octanol–water partition coefficient (Wildman–Crippen LogP) is 2.12. The van der Waals surface area contributed by atoms with Crippen molar-refractivity contribution in [2.75, 3.05) is 0 Å². The molecule has 2 N–H and O–H groups in total. The minimum absolute atomic E-state index is 0. The first kappa shape index (κ1) is 14.5. The van der Waals surface area contributed by atoms with Crippen LogP contribution in [0.2, 0.25) is 0 Å². The first-order valence-corrected chi connectivity index (χ1v) is 3.86. The topological polar surface area (TPSA) is 49.7 Å². The molecule has 0 spiro atoms. The van der Waals surface area contributed by atoms with Crippen molar-refractivity contribution in [1.29, 1.82) is 0 Å². The standard InChI is InChI=1S/C6H7O3P.2ClH/c7-10(8)9-6-4-2-1-3-5-6;;/h1-5,7-8H;2*1H. The molecule has 0 saturated carbocycles. The van der Waals surface area contributed by atoms with Gasteiger partial charge in [-0.25, -0.2) is 0 Å². The summed E-state index contributed by atoms with van der Waals surface area (Å²) in [7, 11) is -2.28. The van der Waals surface area contributed by atoms with Gasteiger partial charge in [-0.05, 0) is 12.1 Å². The quantitative estimate of drug-likeness (QED) is 0.766. The minimum atomic E-state index is -2.28. The van der Waals surface area contributed by atoms with Crippen LogP contribution in [0.3, 0.4) is 0 Å². The molecule has 0 aliphatic carbocycles. The van der Waals surface area contributed by atoms with Crippen molar-refractivity contribution >= 4 is 33.4 Å². The highest BCUT2D eigenvalue weighted by atomic mass is 35.5. The van der Waals surface area contributed by atoms with E-state index in [9.17, 15) is 0 Å². The van der Waals surface area contributed by atoms with Gasteiger partial charge in [0.1, 0.15) is 5.75 Å². The van der Waals surface area contributed by atoms with E-state index in [4.69, 9.17) is 9.79 Å². The summed E-state index contributed by atoms with van der Waals surface area (Å²) >= 11 is 0. The van der Waals surface area contributed by atoms with Gasteiger partial charge < -0.3 is 14.3 Å². The fourth-order valence-corrected chi connectivity index (χ4v) is 0.886. The number of para-hydroxylation sites is 1. The zero-order chi connectivity index (χ0) is 7.40. The molecular weight excluding hydrogens is 222 g/mol. The molecule has 70 valence electrons. The smallest absolute Gasteiger partial charge is 0.391 e. The summed E-state index contributed by atoms with van der Waals surface area (Å²) in [4.78, 5) is 16.8. The first-order valence-electron chi connectivity index (χ1n) is 2.70. The van der Waals surface area contributed by atoms with Crippen LogP contribution in [0, 0.1) is 0 Å². The predicted molar refractivity (Wildman–Crippen MR) is 52.9 cm³/mol. The van der Waals surface area contributed by atoms with E-state index in [2.05, 4.69) is 4.52 Å². The highest BCUT2D eigenvalue weighted by Crippen LogP contribution is 2.27. The molecule has 1 rings (SSSR count). The second-order valence-electron chi connectivity index (χ2n) is 1.66. The van der Waals surface area contributed by atoms with Crippen molar-refractivity contribution < 1.29 is 14.3 Å². The second kappa shape index (κ2) is 7.59. The maximum atomic E-state index is 8.40. The summed E-state index contributed by atoms with van der Waals surface area (Å²) in [6, 6.07) is 8.65. The van der Waals surface area contributed by atoms with Crippen LogP contribution < -0.4 is 4.52 Å². The van der Waals surface area contributed by atoms with Gasteiger partial charge in [0.2, 0.25) is 0 Å². The molecule has 0 radical (unpaired) electrons. The molecule has 0 atom stereocenters. The Bertz CT molecular complexity index is 195. The van der Waals surface area contributed by atoms with E-state index in [1.54, 1.807) is 24.3 Å². The zero-order valence-corrected chi connectivity index (χ0v) is 8.48. The van der Waals surface area contributed by atoms with Gasteiger partial charge >= 0.3 is 8.60 Å². The Morgan fingerprint density at radius 3 is 1.92 bits per heavy atom. The average Bonchev–Trinajstić information content (AvgIpc) is 1.88. The van der Waals surface area contributed by atoms with Crippen LogP contribution in [-0.4, -0.2) is 9.79 Å². The minimum Gasteiger partial charge on any atom is -0.427 e. The van der Waals surface area contributed by atoms with Crippen LogP contribution >= 0.6 is 33.4 Å².